The predicted octanol–water partition coefficient (Wildman–Crippen LogP) is 3.92. The second-order valence-corrected chi connectivity index (χ2v) is 6.73. The van der Waals surface area contributed by atoms with E-state index in [2.05, 4.69) is 26.0 Å². The molecule has 134 valence electrons. The lowest BCUT2D eigenvalue weighted by atomic mass is 10.0. The summed E-state index contributed by atoms with van der Waals surface area (Å²) >= 11 is 6.14. The minimum Gasteiger partial charge on any atom is -0.351 e. The van der Waals surface area contributed by atoms with Crippen LogP contribution in [0.15, 0.2) is 18.2 Å². The molecule has 0 N–H and O–H groups in total. The fourth-order valence-electron chi connectivity index (χ4n) is 3.00. The molecule has 24 heavy (non-hydrogen) atoms. The number of rotatable bonds is 6. The second kappa shape index (κ2) is 9.40. The molecule has 0 saturated carbocycles. The molecule has 2 rings (SSSR count). The van der Waals surface area contributed by atoms with Gasteiger partial charge < -0.3 is 14.4 Å². The van der Waals surface area contributed by atoms with Crippen molar-refractivity contribution in [2.75, 3.05) is 24.7 Å². The number of benzene rings is 1. The second-order valence-electron chi connectivity index (χ2n) is 6.08. The fraction of sp³-hybridized carbons (Fsp3) is 0.632. The van der Waals surface area contributed by atoms with Crippen LogP contribution in [0.2, 0.25) is 0 Å². The summed E-state index contributed by atoms with van der Waals surface area (Å²) < 4.78 is 11.5. The van der Waals surface area contributed by atoms with Gasteiger partial charge in [-0.3, -0.25) is 4.79 Å². The molecule has 1 aliphatic rings. The van der Waals surface area contributed by atoms with Gasteiger partial charge in [-0.05, 0) is 43.7 Å². The van der Waals surface area contributed by atoms with Gasteiger partial charge in [0.15, 0.2) is 6.29 Å². The Hall–Kier alpha value is -1.10. The van der Waals surface area contributed by atoms with E-state index in [1.807, 2.05) is 6.07 Å². The van der Waals surface area contributed by atoms with Gasteiger partial charge in [-0.25, -0.2) is 0 Å². The number of para-hydroxylation sites is 1. The number of hydrogen-bond donors (Lipinski definition) is 0. The van der Waals surface area contributed by atoms with Gasteiger partial charge in [0.05, 0.1) is 12.2 Å². The molecule has 1 saturated heterocycles. The van der Waals surface area contributed by atoms with Crippen molar-refractivity contribution in [3.05, 3.63) is 29.3 Å². The molecule has 0 spiro atoms. The molecule has 1 aliphatic heterocycles. The first-order valence-electron chi connectivity index (χ1n) is 8.87. The van der Waals surface area contributed by atoms with Gasteiger partial charge in [-0.15, -0.1) is 11.6 Å². The Bertz CT molecular complexity index is 517. The van der Waals surface area contributed by atoms with Gasteiger partial charge in [0.25, 0.3) is 0 Å². The Morgan fingerprint density at radius 3 is 2.21 bits per heavy atom. The van der Waals surface area contributed by atoms with E-state index in [4.69, 9.17) is 21.1 Å². The maximum atomic E-state index is 12.8. The molecule has 1 aromatic rings. The topological polar surface area (TPSA) is 38.8 Å². The highest BCUT2D eigenvalue weighted by Gasteiger charge is 2.28. The monoisotopic (exact) mass is 353 g/mol. The van der Waals surface area contributed by atoms with Crippen molar-refractivity contribution in [3.63, 3.8) is 0 Å². The van der Waals surface area contributed by atoms with Crippen LogP contribution in [0.1, 0.15) is 44.7 Å². The number of anilines is 1. The Morgan fingerprint density at radius 1 is 1.21 bits per heavy atom. The number of amides is 1. The van der Waals surface area contributed by atoms with Crippen LogP contribution in [-0.2, 0) is 27.1 Å². The van der Waals surface area contributed by atoms with Crippen LogP contribution in [-0.4, -0.2) is 37.3 Å². The van der Waals surface area contributed by atoms with Crippen molar-refractivity contribution in [3.8, 4) is 0 Å². The third kappa shape index (κ3) is 4.71. The van der Waals surface area contributed by atoms with Crippen molar-refractivity contribution in [2.45, 2.75) is 58.1 Å². The van der Waals surface area contributed by atoms with Crippen LogP contribution in [0.5, 0.6) is 0 Å². The van der Waals surface area contributed by atoms with Crippen molar-refractivity contribution >= 4 is 23.2 Å². The molecule has 1 amide bonds. The molecule has 0 aromatic heterocycles. The van der Waals surface area contributed by atoms with E-state index in [9.17, 15) is 4.79 Å². The largest absolute Gasteiger partial charge is 0.351 e. The smallest absolute Gasteiger partial charge is 0.244 e. The number of alkyl halides is 1. The van der Waals surface area contributed by atoms with Crippen molar-refractivity contribution < 1.29 is 14.3 Å². The standard InChI is InChI=1S/C19H28ClNO3/c1-4-15-9-8-10-16(5-2)18(15)21(19(22)14(3)20)13-17-23-11-6-7-12-24-17/h8-10,14,17H,4-7,11-13H2,1-3H3. The zero-order chi connectivity index (χ0) is 17.5. The highest BCUT2D eigenvalue weighted by molar-refractivity contribution is 6.32. The lowest BCUT2D eigenvalue weighted by Gasteiger charge is -2.31. The number of halogens is 1. The summed E-state index contributed by atoms with van der Waals surface area (Å²) in [4.78, 5) is 14.6. The summed E-state index contributed by atoms with van der Waals surface area (Å²) in [6.07, 6.45) is 3.29. The molecule has 1 fully saturated rings. The Labute approximate surface area is 150 Å². The number of ether oxygens (including phenoxy) is 2. The minimum absolute atomic E-state index is 0.108. The Balaban J connectivity index is 2.37. The first-order chi connectivity index (χ1) is 11.6. The molecule has 1 heterocycles. The Morgan fingerprint density at radius 2 is 1.75 bits per heavy atom. The van der Waals surface area contributed by atoms with E-state index in [1.54, 1.807) is 11.8 Å². The van der Waals surface area contributed by atoms with Gasteiger partial charge in [0.2, 0.25) is 5.91 Å². The van der Waals surface area contributed by atoms with Crippen LogP contribution in [0.4, 0.5) is 5.69 Å². The summed E-state index contributed by atoms with van der Waals surface area (Å²) in [7, 11) is 0. The van der Waals surface area contributed by atoms with Gasteiger partial charge in [-0.1, -0.05) is 32.0 Å². The van der Waals surface area contributed by atoms with Crippen molar-refractivity contribution in [1.29, 1.82) is 0 Å². The summed E-state index contributed by atoms with van der Waals surface area (Å²) in [5.74, 6) is -0.108. The molecular weight excluding hydrogens is 326 g/mol. The van der Waals surface area contributed by atoms with E-state index < -0.39 is 11.7 Å². The average molecular weight is 354 g/mol. The molecule has 5 heteroatoms. The zero-order valence-corrected chi connectivity index (χ0v) is 15.6. The number of aryl methyl sites for hydroxylation is 2. The highest BCUT2D eigenvalue weighted by Crippen LogP contribution is 2.29. The van der Waals surface area contributed by atoms with E-state index in [-0.39, 0.29) is 5.91 Å². The predicted molar refractivity (Wildman–Crippen MR) is 97.8 cm³/mol. The molecule has 1 unspecified atom stereocenters. The molecule has 1 aromatic carbocycles. The summed E-state index contributed by atoms with van der Waals surface area (Å²) in [6.45, 7) is 7.62. The van der Waals surface area contributed by atoms with Crippen LogP contribution in [0.3, 0.4) is 0 Å². The lowest BCUT2D eigenvalue weighted by molar-refractivity contribution is -0.129. The maximum absolute atomic E-state index is 12.8. The van der Waals surface area contributed by atoms with Gasteiger partial charge >= 0.3 is 0 Å². The number of carbonyl (C=O) groups excluding carboxylic acids is 1. The van der Waals surface area contributed by atoms with E-state index in [0.717, 1.165) is 42.5 Å². The van der Waals surface area contributed by atoms with Crippen LogP contribution < -0.4 is 4.90 Å². The van der Waals surface area contributed by atoms with Crippen molar-refractivity contribution in [1.82, 2.24) is 0 Å². The molecular formula is C19H28ClNO3. The third-order valence-corrected chi connectivity index (χ3v) is 4.51. The summed E-state index contributed by atoms with van der Waals surface area (Å²) in [5, 5.41) is -0.592. The van der Waals surface area contributed by atoms with Crippen molar-refractivity contribution in [2.24, 2.45) is 0 Å². The average Bonchev–Trinajstić information content (AvgIpc) is 2.87. The fourth-order valence-corrected chi connectivity index (χ4v) is 3.12. The van der Waals surface area contributed by atoms with Gasteiger partial charge in [-0.2, -0.15) is 0 Å². The first kappa shape index (κ1) is 19.2. The molecule has 0 bridgehead atoms. The van der Waals surface area contributed by atoms with Crippen LogP contribution >= 0.6 is 11.6 Å². The first-order valence-corrected chi connectivity index (χ1v) is 9.31. The Kier molecular flexibility index (Phi) is 7.53. The van der Waals surface area contributed by atoms with Crippen LogP contribution in [0.25, 0.3) is 0 Å². The SMILES string of the molecule is CCc1cccc(CC)c1N(CC1OCCCCO1)C(=O)C(C)Cl. The minimum atomic E-state index is -0.592. The molecule has 1 atom stereocenters. The third-order valence-electron chi connectivity index (χ3n) is 4.32. The number of nitrogens with zero attached hydrogens (tertiary/aromatic N) is 1. The van der Waals surface area contributed by atoms with Crippen LogP contribution in [0, 0.1) is 0 Å². The summed E-state index contributed by atoms with van der Waals surface area (Å²) in [5.41, 5.74) is 3.26. The molecule has 0 aliphatic carbocycles. The maximum Gasteiger partial charge on any atom is 0.244 e. The normalized spacial score (nSPS) is 17.3. The molecule has 0 radical (unpaired) electrons. The number of carbonyl (C=O) groups is 1. The molecule has 4 nitrogen and oxygen atoms in total. The van der Waals surface area contributed by atoms with E-state index in [0.29, 0.717) is 19.8 Å². The van der Waals surface area contributed by atoms with E-state index in [1.165, 1.54) is 0 Å². The van der Waals surface area contributed by atoms with E-state index >= 15 is 0 Å². The quantitative estimate of drug-likeness (QED) is 0.727. The lowest BCUT2D eigenvalue weighted by Crippen LogP contribution is -2.43. The summed E-state index contributed by atoms with van der Waals surface area (Å²) in [6, 6.07) is 6.19. The zero-order valence-electron chi connectivity index (χ0n) is 14.9. The highest BCUT2D eigenvalue weighted by atomic mass is 35.5. The van der Waals surface area contributed by atoms with Gasteiger partial charge in [0.1, 0.15) is 5.38 Å². The van der Waals surface area contributed by atoms with Gasteiger partial charge in [0, 0.05) is 13.2 Å². The number of hydrogen-bond acceptors (Lipinski definition) is 3.